The Bertz CT molecular complexity index is 1590. The smallest absolute Gasteiger partial charge is 0.577 e. The maximum atomic E-state index is 6.53. The highest BCUT2D eigenvalue weighted by atomic mass is 27.3. The number of para-hydroxylation sites is 1. The molecule has 4 aromatic rings. The molecule has 0 amide bonds. The molecule has 0 bridgehead atoms. The standard InChI is InChI=1S/C12H10O.C10H11NO.C10H9NO.Al/c13-12-8-6-11(7-9-12)10-4-2-1-3-5-10;2*1-7-5-6-8-3-2-4-9(12)10(8)11-7;/h1-9,13H;2-5,8,12H,6H2,1H3;2-6,12H,1H3;/q;;;+3/p-3. The molecule has 186 valence electrons. The Labute approximate surface area is 227 Å². The van der Waals surface area contributed by atoms with Crippen molar-refractivity contribution in [3.8, 4) is 22.6 Å². The number of pyridine rings is 1. The molecule has 1 aliphatic heterocycles. The van der Waals surface area contributed by atoms with Crippen molar-refractivity contribution in [1.82, 2.24) is 4.98 Å². The van der Waals surface area contributed by atoms with E-state index in [1.54, 1.807) is 0 Å². The van der Waals surface area contributed by atoms with E-state index in [0.29, 0.717) is 17.3 Å². The molecular weight excluding hydrogens is 487 g/mol. The minimum Gasteiger partial charge on any atom is -0.577 e. The predicted molar refractivity (Wildman–Crippen MR) is 153 cm³/mol. The van der Waals surface area contributed by atoms with E-state index >= 15 is 0 Å². The molecule has 0 saturated carbocycles. The summed E-state index contributed by atoms with van der Waals surface area (Å²) in [6.45, 7) is 3.99. The van der Waals surface area contributed by atoms with Crippen LogP contribution in [0, 0.1) is 12.8 Å². The SMILES string of the molecule is CC1=CCC2C=CC=C([O][Al]([O]c3ccc(-c4ccccc4)cc3)[O]c3cccc4ccc(C)nc34)C2=N1. The van der Waals surface area contributed by atoms with E-state index in [2.05, 4.69) is 42.5 Å². The Balaban J connectivity index is 1.31. The van der Waals surface area contributed by atoms with Crippen LogP contribution in [0.4, 0.5) is 0 Å². The number of allylic oxidation sites excluding steroid dienone is 6. The van der Waals surface area contributed by atoms with Gasteiger partial charge in [0.2, 0.25) is 0 Å². The van der Waals surface area contributed by atoms with Gasteiger partial charge >= 0.3 is 15.1 Å². The van der Waals surface area contributed by atoms with Crippen LogP contribution in [0.1, 0.15) is 19.0 Å². The average Bonchev–Trinajstić information content (AvgIpc) is 2.94. The Morgan fingerprint density at radius 3 is 2.45 bits per heavy atom. The number of fused-ring (bicyclic) bond motifs is 2. The second-order valence-electron chi connectivity index (χ2n) is 9.41. The lowest BCUT2D eigenvalue weighted by Crippen LogP contribution is -2.36. The van der Waals surface area contributed by atoms with E-state index < -0.39 is 15.1 Å². The highest BCUT2D eigenvalue weighted by molar-refractivity contribution is 6.40. The van der Waals surface area contributed by atoms with Gasteiger partial charge in [0.25, 0.3) is 0 Å². The van der Waals surface area contributed by atoms with Crippen molar-refractivity contribution < 1.29 is 11.4 Å². The minimum atomic E-state index is -2.80. The van der Waals surface area contributed by atoms with Gasteiger partial charge in [-0.05, 0) is 61.7 Å². The first kappa shape index (κ1) is 24.2. The Morgan fingerprint density at radius 1 is 0.789 bits per heavy atom. The topological polar surface area (TPSA) is 52.9 Å². The van der Waals surface area contributed by atoms with Gasteiger partial charge in [-0.3, -0.25) is 4.99 Å². The summed E-state index contributed by atoms with van der Waals surface area (Å²) in [5.74, 6) is 2.23. The molecule has 6 rings (SSSR count). The fourth-order valence-electron chi connectivity index (χ4n) is 4.66. The third-order valence-electron chi connectivity index (χ3n) is 6.62. The van der Waals surface area contributed by atoms with Crippen LogP contribution in [0.3, 0.4) is 0 Å². The Kier molecular flexibility index (Phi) is 6.83. The van der Waals surface area contributed by atoms with Crippen molar-refractivity contribution in [2.24, 2.45) is 10.9 Å². The van der Waals surface area contributed by atoms with Crippen LogP contribution in [0.2, 0.25) is 0 Å². The maximum absolute atomic E-state index is 6.53. The molecule has 0 N–H and O–H groups in total. The second-order valence-corrected chi connectivity index (χ2v) is 10.7. The number of aryl methyl sites for hydroxylation is 1. The molecule has 0 spiro atoms. The minimum absolute atomic E-state index is 0.195. The van der Waals surface area contributed by atoms with E-state index in [0.717, 1.165) is 45.6 Å². The Morgan fingerprint density at radius 2 is 1.61 bits per heavy atom. The highest BCUT2D eigenvalue weighted by Crippen LogP contribution is 2.30. The van der Waals surface area contributed by atoms with Gasteiger partial charge < -0.3 is 11.4 Å². The van der Waals surface area contributed by atoms with Crippen molar-refractivity contribution >= 4 is 31.8 Å². The van der Waals surface area contributed by atoms with Crippen LogP contribution < -0.4 is 7.58 Å². The number of benzene rings is 3. The first-order valence-electron chi connectivity index (χ1n) is 12.8. The van der Waals surface area contributed by atoms with Gasteiger partial charge in [0.1, 0.15) is 17.0 Å². The zero-order chi connectivity index (χ0) is 25.9. The summed E-state index contributed by atoms with van der Waals surface area (Å²) in [6.07, 6.45) is 9.19. The molecule has 2 heterocycles. The van der Waals surface area contributed by atoms with Gasteiger partial charge in [-0.1, -0.05) is 78.9 Å². The number of aliphatic imine (C=N–C) groups is 1. The quantitative estimate of drug-likeness (QED) is 0.240. The summed E-state index contributed by atoms with van der Waals surface area (Å²) >= 11 is -2.80. The molecule has 1 unspecified atom stereocenters. The molecule has 0 radical (unpaired) electrons. The molecule has 38 heavy (non-hydrogen) atoms. The molecule has 5 nitrogen and oxygen atoms in total. The highest BCUT2D eigenvalue weighted by Gasteiger charge is 2.46. The molecule has 1 atom stereocenters. The van der Waals surface area contributed by atoms with Crippen LogP contribution in [-0.2, 0) is 3.79 Å². The summed E-state index contributed by atoms with van der Waals surface area (Å²) in [5.41, 5.74) is 5.90. The van der Waals surface area contributed by atoms with Crippen molar-refractivity contribution in [2.75, 3.05) is 0 Å². The molecule has 1 aliphatic carbocycles. The van der Waals surface area contributed by atoms with E-state index in [4.69, 9.17) is 21.3 Å². The van der Waals surface area contributed by atoms with E-state index in [1.807, 2.05) is 80.6 Å². The molecule has 0 fully saturated rings. The zero-order valence-electron chi connectivity index (χ0n) is 21.4. The van der Waals surface area contributed by atoms with Gasteiger partial charge in [-0.25, -0.2) is 4.98 Å². The fraction of sp³-hybridized carbons (Fsp3) is 0.125. The fourth-order valence-corrected chi connectivity index (χ4v) is 5.98. The van der Waals surface area contributed by atoms with Crippen LogP contribution >= 0.6 is 0 Å². The number of nitrogens with zero attached hydrogens (tertiary/aromatic N) is 2. The molecule has 3 aromatic carbocycles. The lowest BCUT2D eigenvalue weighted by Gasteiger charge is -2.26. The first-order valence-corrected chi connectivity index (χ1v) is 14.2. The normalized spacial score (nSPS) is 16.2. The molecule has 1 aromatic heterocycles. The van der Waals surface area contributed by atoms with Gasteiger partial charge in [0, 0.05) is 22.7 Å². The van der Waals surface area contributed by atoms with E-state index in [1.165, 1.54) is 0 Å². The van der Waals surface area contributed by atoms with E-state index in [9.17, 15) is 0 Å². The third kappa shape index (κ3) is 5.28. The van der Waals surface area contributed by atoms with Crippen molar-refractivity contribution in [3.05, 3.63) is 126 Å². The predicted octanol–water partition coefficient (Wildman–Crippen LogP) is 7.49. The second kappa shape index (κ2) is 10.7. The summed E-state index contributed by atoms with van der Waals surface area (Å²) in [4.78, 5) is 9.52. The van der Waals surface area contributed by atoms with Crippen molar-refractivity contribution in [1.29, 1.82) is 0 Å². The number of aromatic nitrogens is 1. The first-order chi connectivity index (χ1) is 18.6. The van der Waals surface area contributed by atoms with Crippen LogP contribution in [0.25, 0.3) is 22.0 Å². The number of rotatable bonds is 7. The lowest BCUT2D eigenvalue weighted by molar-refractivity contribution is 0.265. The molecule has 2 aliphatic rings. The van der Waals surface area contributed by atoms with Gasteiger partial charge in [-0.15, -0.1) is 0 Å². The van der Waals surface area contributed by atoms with Gasteiger partial charge in [0.05, 0.1) is 11.5 Å². The number of hydrogen-bond acceptors (Lipinski definition) is 5. The summed E-state index contributed by atoms with van der Waals surface area (Å²) < 4.78 is 19.5. The average molecular weight is 515 g/mol. The lowest BCUT2D eigenvalue weighted by atomic mass is 9.91. The molecular formula is C32H27AlN2O3. The largest absolute Gasteiger partial charge is 1.20 e. The van der Waals surface area contributed by atoms with Gasteiger partial charge in [0.15, 0.2) is 0 Å². The van der Waals surface area contributed by atoms with E-state index in [-0.39, 0.29) is 5.92 Å². The summed E-state index contributed by atoms with van der Waals surface area (Å²) in [7, 11) is 0. The van der Waals surface area contributed by atoms with Crippen molar-refractivity contribution in [2.45, 2.75) is 20.3 Å². The summed E-state index contributed by atoms with van der Waals surface area (Å²) in [6, 6.07) is 28.3. The van der Waals surface area contributed by atoms with Crippen molar-refractivity contribution in [3.63, 3.8) is 0 Å². The molecule has 0 saturated heterocycles. The maximum Gasteiger partial charge on any atom is 1.20 e. The third-order valence-corrected chi connectivity index (χ3v) is 7.98. The molecule has 6 heteroatoms. The Hall–Kier alpha value is -4.11. The van der Waals surface area contributed by atoms with Gasteiger partial charge in [-0.2, -0.15) is 0 Å². The monoisotopic (exact) mass is 514 g/mol. The summed E-state index contributed by atoms with van der Waals surface area (Å²) in [5, 5.41) is 1.00. The zero-order valence-corrected chi connectivity index (χ0v) is 22.5. The van der Waals surface area contributed by atoms with Crippen LogP contribution in [0.15, 0.2) is 126 Å². The van der Waals surface area contributed by atoms with Crippen LogP contribution in [0.5, 0.6) is 11.5 Å². The number of hydrogen-bond donors (Lipinski definition) is 0. The van der Waals surface area contributed by atoms with Crippen LogP contribution in [-0.4, -0.2) is 25.8 Å².